The molecule has 0 spiro atoms. The minimum Gasteiger partial charge on any atom is -0.307 e. The largest absolute Gasteiger partial charge is 0.307 e. The highest BCUT2D eigenvalue weighted by molar-refractivity contribution is 9.10. The molecule has 1 amide bonds. The molecule has 2 aromatic carbocycles. The molecule has 1 aliphatic rings. The topological polar surface area (TPSA) is 32.7 Å². The Morgan fingerprint density at radius 2 is 1.80 bits per heavy atom. The Bertz CT molecular complexity index is 692. The lowest BCUT2D eigenvalue weighted by Crippen LogP contribution is -2.29. The number of nitrogens with zero attached hydrogens (tertiary/aromatic N) is 2. The molecule has 0 aliphatic carbocycles. The monoisotopic (exact) mass is 328 g/mol. The summed E-state index contributed by atoms with van der Waals surface area (Å²) in [5.74, 6) is -0.0309. The van der Waals surface area contributed by atoms with Gasteiger partial charge in [0.25, 0.3) is 5.91 Å². The van der Waals surface area contributed by atoms with Crippen LogP contribution in [0.3, 0.4) is 0 Å². The first-order valence-corrected chi connectivity index (χ1v) is 7.25. The van der Waals surface area contributed by atoms with Crippen molar-refractivity contribution in [2.75, 3.05) is 11.4 Å². The molecule has 100 valence electrons. The molecule has 0 saturated heterocycles. The number of likely N-dealkylation sites (N-methyl/N-ethyl adjacent to an activating group) is 1. The molecule has 1 heterocycles. The molecule has 0 unspecified atom stereocenters. The van der Waals surface area contributed by atoms with E-state index in [1.807, 2.05) is 55.5 Å². The van der Waals surface area contributed by atoms with Crippen LogP contribution in [-0.4, -0.2) is 18.2 Å². The van der Waals surface area contributed by atoms with E-state index in [1.165, 1.54) is 0 Å². The van der Waals surface area contributed by atoms with Gasteiger partial charge in [-0.3, -0.25) is 4.79 Å². The molecule has 3 rings (SSSR count). The Morgan fingerprint density at radius 3 is 2.50 bits per heavy atom. The first-order chi connectivity index (χ1) is 9.70. The van der Waals surface area contributed by atoms with Crippen molar-refractivity contribution in [3.05, 3.63) is 58.6 Å². The SMILES string of the molecule is CCN1C(=O)C(=Nc2ccc(Br)cc2)c2ccccc21. The number of amides is 1. The van der Waals surface area contributed by atoms with Gasteiger partial charge in [0.15, 0.2) is 0 Å². The van der Waals surface area contributed by atoms with Crippen LogP contribution < -0.4 is 4.90 Å². The molecular formula is C16H13BrN2O. The van der Waals surface area contributed by atoms with Gasteiger partial charge in [-0.15, -0.1) is 0 Å². The molecule has 0 radical (unpaired) electrons. The van der Waals surface area contributed by atoms with Gasteiger partial charge in [-0.05, 0) is 37.3 Å². The van der Waals surface area contributed by atoms with Crippen LogP contribution in [0.5, 0.6) is 0 Å². The highest BCUT2D eigenvalue weighted by atomic mass is 79.9. The van der Waals surface area contributed by atoms with E-state index >= 15 is 0 Å². The maximum atomic E-state index is 12.5. The normalized spacial score (nSPS) is 15.8. The molecular weight excluding hydrogens is 316 g/mol. The van der Waals surface area contributed by atoms with Gasteiger partial charge in [-0.1, -0.05) is 34.1 Å². The molecule has 1 aliphatic heterocycles. The second kappa shape index (κ2) is 5.21. The second-order valence-corrected chi connectivity index (χ2v) is 5.42. The fraction of sp³-hybridized carbons (Fsp3) is 0.125. The summed E-state index contributed by atoms with van der Waals surface area (Å²) >= 11 is 3.39. The van der Waals surface area contributed by atoms with Crippen molar-refractivity contribution in [3.8, 4) is 0 Å². The summed E-state index contributed by atoms with van der Waals surface area (Å²) in [7, 11) is 0. The smallest absolute Gasteiger partial charge is 0.277 e. The van der Waals surface area contributed by atoms with Gasteiger partial charge in [-0.25, -0.2) is 4.99 Å². The van der Waals surface area contributed by atoms with Gasteiger partial charge < -0.3 is 4.90 Å². The van der Waals surface area contributed by atoms with E-state index in [9.17, 15) is 4.79 Å². The fourth-order valence-electron chi connectivity index (χ4n) is 2.33. The number of hydrogen-bond acceptors (Lipinski definition) is 2. The molecule has 0 fully saturated rings. The highest BCUT2D eigenvalue weighted by Gasteiger charge is 2.32. The number of aliphatic imine (C=N–C) groups is 1. The molecule has 2 aromatic rings. The van der Waals surface area contributed by atoms with Crippen LogP contribution in [0.2, 0.25) is 0 Å². The van der Waals surface area contributed by atoms with Crippen molar-refractivity contribution in [2.45, 2.75) is 6.92 Å². The summed E-state index contributed by atoms with van der Waals surface area (Å²) in [6, 6.07) is 15.4. The Balaban J connectivity index is 2.10. The Morgan fingerprint density at radius 1 is 1.10 bits per heavy atom. The summed E-state index contributed by atoms with van der Waals surface area (Å²) in [4.78, 5) is 18.7. The standard InChI is InChI=1S/C16H13BrN2O/c1-2-19-14-6-4-3-5-13(14)15(16(19)20)18-12-9-7-11(17)8-10-12/h3-10H,2H2,1H3. The third kappa shape index (κ3) is 2.16. The Kier molecular flexibility index (Phi) is 3.40. The van der Waals surface area contributed by atoms with E-state index in [0.717, 1.165) is 21.4 Å². The fourth-order valence-corrected chi connectivity index (χ4v) is 2.59. The summed E-state index contributed by atoms with van der Waals surface area (Å²) in [5, 5.41) is 0. The molecule has 20 heavy (non-hydrogen) atoms. The van der Waals surface area contributed by atoms with Gasteiger partial charge in [-0.2, -0.15) is 0 Å². The molecule has 0 saturated carbocycles. The van der Waals surface area contributed by atoms with Gasteiger partial charge in [0.2, 0.25) is 0 Å². The number of hydrogen-bond donors (Lipinski definition) is 0. The van der Waals surface area contributed by atoms with E-state index in [4.69, 9.17) is 0 Å². The first kappa shape index (κ1) is 13.1. The number of para-hydroxylation sites is 1. The van der Waals surface area contributed by atoms with E-state index < -0.39 is 0 Å². The van der Waals surface area contributed by atoms with Gasteiger partial charge in [0.05, 0.1) is 11.4 Å². The van der Waals surface area contributed by atoms with Crippen molar-refractivity contribution in [1.82, 2.24) is 0 Å². The number of carbonyl (C=O) groups is 1. The minimum absolute atomic E-state index is 0.0309. The predicted molar refractivity (Wildman–Crippen MR) is 84.8 cm³/mol. The second-order valence-electron chi connectivity index (χ2n) is 4.50. The van der Waals surface area contributed by atoms with Crippen LogP contribution in [0, 0.1) is 0 Å². The summed E-state index contributed by atoms with van der Waals surface area (Å²) in [6.45, 7) is 2.62. The van der Waals surface area contributed by atoms with Crippen molar-refractivity contribution in [2.24, 2.45) is 4.99 Å². The van der Waals surface area contributed by atoms with Crippen LogP contribution >= 0.6 is 15.9 Å². The third-order valence-corrected chi connectivity index (χ3v) is 3.81. The lowest BCUT2D eigenvalue weighted by molar-refractivity contribution is -0.112. The number of halogens is 1. The highest BCUT2D eigenvalue weighted by Crippen LogP contribution is 2.30. The molecule has 0 atom stereocenters. The zero-order valence-corrected chi connectivity index (χ0v) is 12.6. The number of carbonyl (C=O) groups excluding carboxylic acids is 1. The van der Waals surface area contributed by atoms with Crippen molar-refractivity contribution in [1.29, 1.82) is 0 Å². The molecule has 4 heteroatoms. The summed E-state index contributed by atoms with van der Waals surface area (Å²) in [6.07, 6.45) is 0. The molecule has 3 nitrogen and oxygen atoms in total. The van der Waals surface area contributed by atoms with Gasteiger partial charge >= 0.3 is 0 Å². The number of anilines is 1. The van der Waals surface area contributed by atoms with Crippen LogP contribution in [0.25, 0.3) is 0 Å². The lowest BCUT2D eigenvalue weighted by atomic mass is 10.1. The van der Waals surface area contributed by atoms with Crippen LogP contribution in [0.4, 0.5) is 11.4 Å². The zero-order valence-electron chi connectivity index (χ0n) is 11.0. The molecule has 0 N–H and O–H groups in total. The van der Waals surface area contributed by atoms with E-state index in [-0.39, 0.29) is 5.91 Å². The van der Waals surface area contributed by atoms with Gasteiger partial charge in [0.1, 0.15) is 5.71 Å². The average Bonchev–Trinajstić information content (AvgIpc) is 2.74. The van der Waals surface area contributed by atoms with Crippen LogP contribution in [0.15, 0.2) is 58.0 Å². The third-order valence-electron chi connectivity index (χ3n) is 3.28. The maximum absolute atomic E-state index is 12.5. The van der Waals surface area contributed by atoms with Crippen molar-refractivity contribution < 1.29 is 4.79 Å². The Hall–Kier alpha value is -1.94. The number of fused-ring (bicyclic) bond motifs is 1. The maximum Gasteiger partial charge on any atom is 0.277 e. The first-order valence-electron chi connectivity index (χ1n) is 6.46. The summed E-state index contributed by atoms with van der Waals surface area (Å²) < 4.78 is 0.995. The number of benzene rings is 2. The Labute approximate surface area is 126 Å². The van der Waals surface area contributed by atoms with E-state index in [2.05, 4.69) is 20.9 Å². The lowest BCUT2D eigenvalue weighted by Gasteiger charge is -2.12. The van der Waals surface area contributed by atoms with Crippen LogP contribution in [-0.2, 0) is 4.79 Å². The average molecular weight is 329 g/mol. The number of rotatable bonds is 2. The quantitative estimate of drug-likeness (QED) is 0.821. The van der Waals surface area contributed by atoms with E-state index in [0.29, 0.717) is 12.3 Å². The minimum atomic E-state index is -0.0309. The van der Waals surface area contributed by atoms with Crippen molar-refractivity contribution >= 4 is 38.9 Å². The van der Waals surface area contributed by atoms with Crippen LogP contribution in [0.1, 0.15) is 12.5 Å². The van der Waals surface area contributed by atoms with Gasteiger partial charge in [0, 0.05) is 16.6 Å². The molecule has 0 aromatic heterocycles. The van der Waals surface area contributed by atoms with E-state index in [1.54, 1.807) is 4.90 Å². The predicted octanol–water partition coefficient (Wildman–Crippen LogP) is 3.94. The molecule has 0 bridgehead atoms. The summed E-state index contributed by atoms with van der Waals surface area (Å²) in [5.41, 5.74) is 3.15. The zero-order chi connectivity index (χ0) is 14.1. The van der Waals surface area contributed by atoms with Crippen molar-refractivity contribution in [3.63, 3.8) is 0 Å².